The Morgan fingerprint density at radius 3 is 2.81 bits per heavy atom. The average Bonchev–Trinajstić information content (AvgIpc) is 3.09. The van der Waals surface area contributed by atoms with Gasteiger partial charge in [0.2, 0.25) is 0 Å². The molecule has 4 atom stereocenters. The Hall–Kier alpha value is -1.58. The first-order chi connectivity index (χ1) is 10.2. The molecule has 3 nitrogen and oxygen atoms in total. The first-order valence-corrected chi connectivity index (χ1v) is 7.89. The van der Waals surface area contributed by atoms with Crippen LogP contribution in [0.3, 0.4) is 0 Å². The maximum Gasteiger partial charge on any atom is 0.261 e. The van der Waals surface area contributed by atoms with Crippen molar-refractivity contribution in [2.75, 3.05) is 0 Å². The molecule has 0 saturated heterocycles. The number of nitrogens with one attached hydrogen (secondary N) is 1. The molecule has 0 aliphatic heterocycles. The lowest BCUT2D eigenvalue weighted by molar-refractivity contribution is -0.129. The number of carbonyl (C=O) groups is 1. The van der Waals surface area contributed by atoms with Gasteiger partial charge in [-0.25, -0.2) is 4.39 Å². The van der Waals surface area contributed by atoms with E-state index in [1.54, 1.807) is 18.2 Å². The van der Waals surface area contributed by atoms with Crippen LogP contribution >= 0.6 is 0 Å². The molecule has 4 heteroatoms. The van der Waals surface area contributed by atoms with Crippen molar-refractivity contribution in [3.63, 3.8) is 0 Å². The lowest BCUT2D eigenvalue weighted by Crippen LogP contribution is -2.45. The van der Waals surface area contributed by atoms with Crippen molar-refractivity contribution in [1.82, 2.24) is 5.32 Å². The summed E-state index contributed by atoms with van der Waals surface area (Å²) < 4.78 is 19.2. The fraction of sp³-hybridized carbons (Fsp3) is 0.588. The van der Waals surface area contributed by atoms with Crippen LogP contribution in [0, 0.1) is 17.7 Å². The lowest BCUT2D eigenvalue weighted by Gasteiger charge is -2.25. The van der Waals surface area contributed by atoms with E-state index in [9.17, 15) is 9.18 Å². The van der Waals surface area contributed by atoms with E-state index in [4.69, 9.17) is 4.74 Å². The van der Waals surface area contributed by atoms with Crippen LogP contribution in [-0.2, 0) is 4.79 Å². The molecule has 2 saturated carbocycles. The van der Waals surface area contributed by atoms with Crippen molar-refractivity contribution < 1.29 is 13.9 Å². The van der Waals surface area contributed by atoms with Gasteiger partial charge in [-0.2, -0.15) is 0 Å². The highest BCUT2D eigenvalue weighted by Crippen LogP contribution is 2.44. The summed E-state index contributed by atoms with van der Waals surface area (Å²) >= 11 is 0. The van der Waals surface area contributed by atoms with Crippen LogP contribution in [0.4, 0.5) is 4.39 Å². The van der Waals surface area contributed by atoms with Gasteiger partial charge in [-0.15, -0.1) is 0 Å². The molecule has 3 rings (SSSR count). The van der Waals surface area contributed by atoms with Gasteiger partial charge in [-0.1, -0.05) is 25.5 Å². The number of amides is 1. The van der Waals surface area contributed by atoms with Gasteiger partial charge in [0.1, 0.15) is 0 Å². The van der Waals surface area contributed by atoms with Crippen molar-refractivity contribution in [3.8, 4) is 5.75 Å². The standard InChI is InChI=1S/C17H22FNO2/c1-2-15(21-16-6-4-3-5-13(16)18)17(20)19-14-10-11-7-8-12(14)9-11/h3-6,11-12,14-15H,2,7-10H2,1H3,(H,19,20)/t11-,12-,14+,15+/m0/s1. The molecule has 2 fully saturated rings. The summed E-state index contributed by atoms with van der Waals surface area (Å²) in [5, 5.41) is 3.11. The quantitative estimate of drug-likeness (QED) is 0.904. The molecule has 1 aromatic rings. The number of benzene rings is 1. The van der Waals surface area contributed by atoms with Gasteiger partial charge in [-0.05, 0) is 49.7 Å². The van der Waals surface area contributed by atoms with Crippen molar-refractivity contribution in [1.29, 1.82) is 0 Å². The van der Waals surface area contributed by atoms with E-state index >= 15 is 0 Å². The average molecular weight is 291 g/mol. The highest BCUT2D eigenvalue weighted by atomic mass is 19.1. The molecule has 21 heavy (non-hydrogen) atoms. The Balaban J connectivity index is 1.60. The van der Waals surface area contributed by atoms with Crippen molar-refractivity contribution >= 4 is 5.91 Å². The predicted octanol–water partition coefficient (Wildman–Crippen LogP) is 3.29. The smallest absolute Gasteiger partial charge is 0.261 e. The molecule has 0 aromatic heterocycles. The Bertz CT molecular complexity index is 519. The summed E-state index contributed by atoms with van der Waals surface area (Å²) in [4.78, 5) is 12.4. The summed E-state index contributed by atoms with van der Waals surface area (Å²) in [5.74, 6) is 1.02. The Kier molecular flexibility index (Phi) is 4.13. The molecule has 0 spiro atoms. The van der Waals surface area contributed by atoms with Gasteiger partial charge in [0.15, 0.2) is 17.7 Å². The molecule has 114 valence electrons. The van der Waals surface area contributed by atoms with Crippen LogP contribution in [0.5, 0.6) is 5.75 Å². The molecule has 2 aliphatic rings. The maximum atomic E-state index is 13.6. The van der Waals surface area contributed by atoms with Crippen LogP contribution in [-0.4, -0.2) is 18.1 Å². The van der Waals surface area contributed by atoms with E-state index in [0.717, 1.165) is 12.3 Å². The molecule has 1 amide bonds. The zero-order valence-electron chi connectivity index (χ0n) is 12.3. The van der Waals surface area contributed by atoms with Crippen LogP contribution in [0.1, 0.15) is 39.0 Å². The zero-order valence-corrected chi connectivity index (χ0v) is 12.3. The summed E-state index contributed by atoms with van der Waals surface area (Å²) in [6.07, 6.45) is 4.77. The first-order valence-electron chi connectivity index (χ1n) is 7.89. The number of ether oxygens (including phenoxy) is 1. The molecule has 2 aliphatic carbocycles. The fourth-order valence-corrected chi connectivity index (χ4v) is 3.71. The second-order valence-electron chi connectivity index (χ2n) is 6.24. The normalized spacial score (nSPS) is 28.4. The predicted molar refractivity (Wildman–Crippen MR) is 78.5 cm³/mol. The van der Waals surface area contributed by atoms with Crippen molar-refractivity contribution in [3.05, 3.63) is 30.1 Å². The first kappa shape index (κ1) is 14.4. The second-order valence-corrected chi connectivity index (χ2v) is 6.24. The Labute approximate surface area is 124 Å². The zero-order chi connectivity index (χ0) is 14.8. The Morgan fingerprint density at radius 2 is 2.19 bits per heavy atom. The summed E-state index contributed by atoms with van der Waals surface area (Å²) in [6, 6.07) is 6.50. The van der Waals surface area contributed by atoms with Crippen molar-refractivity contribution in [2.24, 2.45) is 11.8 Å². The number of rotatable bonds is 5. The molecule has 1 aromatic carbocycles. The van der Waals surface area contributed by atoms with E-state index < -0.39 is 11.9 Å². The largest absolute Gasteiger partial charge is 0.478 e. The topological polar surface area (TPSA) is 38.3 Å². The van der Waals surface area contributed by atoms with E-state index in [-0.39, 0.29) is 17.7 Å². The molecule has 0 unspecified atom stereocenters. The summed E-state index contributed by atoms with van der Waals surface area (Å²) in [5.41, 5.74) is 0. The number of hydrogen-bond acceptors (Lipinski definition) is 2. The summed E-state index contributed by atoms with van der Waals surface area (Å²) in [7, 11) is 0. The minimum absolute atomic E-state index is 0.113. The number of hydrogen-bond donors (Lipinski definition) is 1. The van der Waals surface area contributed by atoms with E-state index in [1.807, 2.05) is 6.92 Å². The van der Waals surface area contributed by atoms with Crippen LogP contribution in [0.25, 0.3) is 0 Å². The number of halogens is 1. The lowest BCUT2D eigenvalue weighted by atomic mass is 9.95. The molecular weight excluding hydrogens is 269 g/mol. The number of para-hydroxylation sites is 1. The molecular formula is C17H22FNO2. The summed E-state index contributed by atoms with van der Waals surface area (Å²) in [6.45, 7) is 1.88. The van der Waals surface area contributed by atoms with E-state index in [0.29, 0.717) is 12.3 Å². The maximum absolute atomic E-state index is 13.6. The van der Waals surface area contributed by atoms with Gasteiger partial charge in [0.25, 0.3) is 5.91 Å². The second kappa shape index (κ2) is 6.04. The third-order valence-corrected chi connectivity index (χ3v) is 4.83. The van der Waals surface area contributed by atoms with Crippen LogP contribution in [0.2, 0.25) is 0 Å². The van der Waals surface area contributed by atoms with Gasteiger partial charge >= 0.3 is 0 Å². The van der Waals surface area contributed by atoms with Gasteiger partial charge in [0, 0.05) is 6.04 Å². The highest BCUT2D eigenvalue weighted by molar-refractivity contribution is 5.81. The minimum Gasteiger partial charge on any atom is -0.478 e. The third kappa shape index (κ3) is 3.04. The Morgan fingerprint density at radius 1 is 1.38 bits per heavy atom. The molecule has 0 radical (unpaired) electrons. The minimum atomic E-state index is -0.624. The fourth-order valence-electron chi connectivity index (χ4n) is 3.71. The molecule has 1 N–H and O–H groups in total. The third-order valence-electron chi connectivity index (χ3n) is 4.83. The number of carbonyl (C=O) groups excluding carboxylic acids is 1. The van der Waals surface area contributed by atoms with E-state index in [2.05, 4.69) is 5.32 Å². The monoisotopic (exact) mass is 291 g/mol. The van der Waals surface area contributed by atoms with E-state index in [1.165, 1.54) is 25.3 Å². The van der Waals surface area contributed by atoms with Crippen LogP contribution < -0.4 is 10.1 Å². The highest BCUT2D eigenvalue weighted by Gasteiger charge is 2.40. The molecule has 2 bridgehead atoms. The van der Waals surface area contributed by atoms with Crippen molar-refractivity contribution in [2.45, 2.75) is 51.2 Å². The number of fused-ring (bicyclic) bond motifs is 2. The van der Waals surface area contributed by atoms with Gasteiger partial charge < -0.3 is 10.1 Å². The van der Waals surface area contributed by atoms with Gasteiger partial charge in [0.05, 0.1) is 0 Å². The molecule has 0 heterocycles. The SMILES string of the molecule is CC[C@@H](Oc1ccccc1F)C(=O)N[C@@H]1C[C@H]2CC[C@H]1C2. The van der Waals surface area contributed by atoms with Crippen LogP contribution in [0.15, 0.2) is 24.3 Å². The van der Waals surface area contributed by atoms with Gasteiger partial charge in [-0.3, -0.25) is 4.79 Å².